The van der Waals surface area contributed by atoms with Crippen molar-refractivity contribution in [3.63, 3.8) is 0 Å². The highest BCUT2D eigenvalue weighted by Gasteiger charge is 2.27. The standard InChI is InChI=1S/C15H28N2O2S/c1-2-20-14-6-4-3-5-13(14)17-15(19)16-11-7-9-12(18)10-8-11/h11-14,18H,2-10H2,1H3,(H2,16,17,19)/t11?,12?,13-,14-/m1/s1. The van der Waals surface area contributed by atoms with Gasteiger partial charge in [-0.15, -0.1) is 0 Å². The number of urea groups is 1. The van der Waals surface area contributed by atoms with E-state index in [4.69, 9.17) is 0 Å². The number of carbonyl (C=O) groups excluding carboxylic acids is 1. The van der Waals surface area contributed by atoms with E-state index < -0.39 is 0 Å². The number of hydrogen-bond donors (Lipinski definition) is 3. The Bertz CT molecular complexity index is 304. The molecule has 0 aromatic rings. The van der Waals surface area contributed by atoms with Gasteiger partial charge in [0.15, 0.2) is 0 Å². The summed E-state index contributed by atoms with van der Waals surface area (Å²) in [5.74, 6) is 1.12. The molecule has 116 valence electrons. The number of nitrogens with one attached hydrogen (secondary N) is 2. The Balaban J connectivity index is 1.74. The normalized spacial score (nSPS) is 34.5. The molecule has 0 heterocycles. The van der Waals surface area contributed by atoms with Gasteiger partial charge in [-0.25, -0.2) is 4.79 Å². The van der Waals surface area contributed by atoms with E-state index in [0.717, 1.165) is 37.9 Å². The highest BCUT2D eigenvalue weighted by Crippen LogP contribution is 2.28. The number of carbonyl (C=O) groups is 1. The van der Waals surface area contributed by atoms with Gasteiger partial charge < -0.3 is 15.7 Å². The Morgan fingerprint density at radius 1 is 1.10 bits per heavy atom. The van der Waals surface area contributed by atoms with Gasteiger partial charge >= 0.3 is 6.03 Å². The first-order valence-electron chi connectivity index (χ1n) is 8.05. The smallest absolute Gasteiger partial charge is 0.315 e. The molecule has 0 bridgehead atoms. The fourth-order valence-electron chi connectivity index (χ4n) is 3.29. The third kappa shape index (κ3) is 4.85. The molecule has 0 aromatic heterocycles. The molecule has 0 spiro atoms. The van der Waals surface area contributed by atoms with Crippen LogP contribution in [0.1, 0.15) is 58.3 Å². The summed E-state index contributed by atoms with van der Waals surface area (Å²) in [6.45, 7) is 2.18. The molecule has 2 rings (SSSR count). The van der Waals surface area contributed by atoms with Crippen LogP contribution in [0.3, 0.4) is 0 Å². The van der Waals surface area contributed by atoms with Crippen LogP contribution in [0.2, 0.25) is 0 Å². The Hall–Kier alpha value is -0.420. The van der Waals surface area contributed by atoms with Crippen molar-refractivity contribution >= 4 is 17.8 Å². The number of hydrogen-bond acceptors (Lipinski definition) is 3. The van der Waals surface area contributed by atoms with Crippen LogP contribution >= 0.6 is 11.8 Å². The highest BCUT2D eigenvalue weighted by atomic mass is 32.2. The van der Waals surface area contributed by atoms with E-state index in [9.17, 15) is 9.90 Å². The minimum atomic E-state index is -0.167. The third-order valence-electron chi connectivity index (χ3n) is 4.43. The largest absolute Gasteiger partial charge is 0.393 e. The Kier molecular flexibility index (Phi) is 6.49. The van der Waals surface area contributed by atoms with Gasteiger partial charge in [0.05, 0.1) is 6.10 Å². The fourth-order valence-corrected chi connectivity index (χ4v) is 4.49. The molecule has 2 atom stereocenters. The molecule has 2 aliphatic carbocycles. The summed E-state index contributed by atoms with van der Waals surface area (Å²) in [6.07, 6.45) is 8.08. The molecule has 0 aromatic carbocycles. The van der Waals surface area contributed by atoms with Crippen molar-refractivity contribution < 1.29 is 9.90 Å². The minimum absolute atomic E-state index is 0.0139. The molecular formula is C15H28N2O2S. The molecule has 2 saturated carbocycles. The summed E-state index contributed by atoms with van der Waals surface area (Å²) in [5, 5.41) is 16.3. The molecule has 0 saturated heterocycles. The Morgan fingerprint density at radius 3 is 2.50 bits per heavy atom. The molecular weight excluding hydrogens is 272 g/mol. The van der Waals surface area contributed by atoms with E-state index in [1.165, 1.54) is 19.3 Å². The maximum Gasteiger partial charge on any atom is 0.315 e. The van der Waals surface area contributed by atoms with Crippen LogP contribution in [-0.2, 0) is 0 Å². The van der Waals surface area contributed by atoms with E-state index in [1.807, 2.05) is 11.8 Å². The second-order valence-corrected chi connectivity index (χ2v) is 7.52. The average Bonchev–Trinajstić information content (AvgIpc) is 2.44. The lowest BCUT2D eigenvalue weighted by Crippen LogP contribution is -2.51. The van der Waals surface area contributed by atoms with Crippen molar-refractivity contribution in [2.75, 3.05) is 5.75 Å². The van der Waals surface area contributed by atoms with Gasteiger partial charge in [-0.05, 0) is 44.3 Å². The minimum Gasteiger partial charge on any atom is -0.393 e. The Labute approximate surface area is 126 Å². The summed E-state index contributed by atoms with van der Waals surface area (Å²) in [7, 11) is 0. The zero-order valence-electron chi connectivity index (χ0n) is 12.4. The van der Waals surface area contributed by atoms with Crippen LogP contribution in [0.15, 0.2) is 0 Å². The van der Waals surface area contributed by atoms with E-state index in [0.29, 0.717) is 11.3 Å². The van der Waals surface area contributed by atoms with E-state index in [1.54, 1.807) is 0 Å². The summed E-state index contributed by atoms with van der Waals surface area (Å²) < 4.78 is 0. The fraction of sp³-hybridized carbons (Fsp3) is 0.933. The highest BCUT2D eigenvalue weighted by molar-refractivity contribution is 7.99. The quantitative estimate of drug-likeness (QED) is 0.748. The molecule has 2 aliphatic rings. The van der Waals surface area contributed by atoms with Crippen LogP contribution in [-0.4, -0.2) is 40.3 Å². The van der Waals surface area contributed by atoms with E-state index in [-0.39, 0.29) is 18.2 Å². The topological polar surface area (TPSA) is 61.4 Å². The van der Waals surface area contributed by atoms with E-state index >= 15 is 0 Å². The summed E-state index contributed by atoms with van der Waals surface area (Å²) in [4.78, 5) is 12.1. The number of thioether (sulfide) groups is 1. The lowest BCUT2D eigenvalue weighted by atomic mass is 9.93. The van der Waals surface area contributed by atoms with Crippen molar-refractivity contribution in [1.29, 1.82) is 0 Å². The Morgan fingerprint density at radius 2 is 1.80 bits per heavy atom. The van der Waals surface area contributed by atoms with Crippen LogP contribution in [0.25, 0.3) is 0 Å². The third-order valence-corrected chi connectivity index (χ3v) is 5.76. The molecule has 2 amide bonds. The summed E-state index contributed by atoms with van der Waals surface area (Å²) in [5.41, 5.74) is 0. The first-order chi connectivity index (χ1) is 9.69. The zero-order valence-corrected chi connectivity index (χ0v) is 13.3. The molecule has 5 heteroatoms. The van der Waals surface area contributed by atoms with Gasteiger partial charge in [-0.1, -0.05) is 19.8 Å². The van der Waals surface area contributed by atoms with Crippen LogP contribution in [0.4, 0.5) is 4.79 Å². The maximum absolute atomic E-state index is 12.1. The van der Waals surface area contributed by atoms with Gasteiger partial charge in [-0.2, -0.15) is 11.8 Å². The van der Waals surface area contributed by atoms with Crippen molar-refractivity contribution in [3.05, 3.63) is 0 Å². The first-order valence-corrected chi connectivity index (χ1v) is 9.10. The molecule has 2 fully saturated rings. The van der Waals surface area contributed by atoms with Crippen molar-refractivity contribution in [3.8, 4) is 0 Å². The molecule has 3 N–H and O–H groups in total. The maximum atomic E-state index is 12.1. The molecule has 0 aliphatic heterocycles. The van der Waals surface area contributed by atoms with Crippen LogP contribution in [0, 0.1) is 0 Å². The van der Waals surface area contributed by atoms with E-state index in [2.05, 4.69) is 17.6 Å². The van der Waals surface area contributed by atoms with Crippen molar-refractivity contribution in [2.24, 2.45) is 0 Å². The second kappa shape index (κ2) is 8.13. The van der Waals surface area contributed by atoms with Gasteiger partial charge in [0.25, 0.3) is 0 Å². The second-order valence-electron chi connectivity index (χ2n) is 6.01. The number of aliphatic hydroxyl groups is 1. The average molecular weight is 300 g/mol. The molecule has 0 unspecified atom stereocenters. The lowest BCUT2D eigenvalue weighted by Gasteiger charge is -2.33. The summed E-state index contributed by atoms with van der Waals surface area (Å²) >= 11 is 1.97. The van der Waals surface area contributed by atoms with Crippen LogP contribution < -0.4 is 10.6 Å². The van der Waals surface area contributed by atoms with Crippen LogP contribution in [0.5, 0.6) is 0 Å². The van der Waals surface area contributed by atoms with Crippen molar-refractivity contribution in [2.45, 2.75) is 81.7 Å². The molecule has 0 radical (unpaired) electrons. The predicted molar refractivity (Wildman–Crippen MR) is 84.1 cm³/mol. The van der Waals surface area contributed by atoms with Gasteiger partial charge in [0.1, 0.15) is 0 Å². The first kappa shape index (κ1) is 16.0. The molecule has 20 heavy (non-hydrogen) atoms. The zero-order chi connectivity index (χ0) is 14.4. The lowest BCUT2D eigenvalue weighted by molar-refractivity contribution is 0.117. The van der Waals surface area contributed by atoms with Gasteiger partial charge in [-0.3, -0.25) is 0 Å². The van der Waals surface area contributed by atoms with Crippen molar-refractivity contribution in [1.82, 2.24) is 10.6 Å². The number of amides is 2. The van der Waals surface area contributed by atoms with Gasteiger partial charge in [0, 0.05) is 17.3 Å². The van der Waals surface area contributed by atoms with Gasteiger partial charge in [0.2, 0.25) is 0 Å². The number of rotatable bonds is 4. The molecule has 4 nitrogen and oxygen atoms in total. The predicted octanol–water partition coefficient (Wildman–Crippen LogP) is 2.65. The summed E-state index contributed by atoms with van der Waals surface area (Å²) in [6, 6.07) is 0.544. The number of aliphatic hydroxyl groups excluding tert-OH is 1. The SMILES string of the molecule is CCS[C@@H]1CCCC[C@H]1NC(=O)NC1CCC(O)CC1. The monoisotopic (exact) mass is 300 g/mol.